The standard InChI is InChI=1S/C15H24N6O/c1-15(2,3)14-19-18-13(22-14)9-20-6-4-5-12(7-20)8-21-11-16-10-17-21/h10-12H,4-9H2,1-3H3/t12-/m1/s1. The fourth-order valence-electron chi connectivity index (χ4n) is 2.85. The highest BCUT2D eigenvalue weighted by molar-refractivity contribution is 4.96. The van der Waals surface area contributed by atoms with Gasteiger partial charge < -0.3 is 4.42 Å². The molecule has 1 fully saturated rings. The quantitative estimate of drug-likeness (QED) is 0.858. The maximum absolute atomic E-state index is 5.80. The SMILES string of the molecule is CC(C)(C)c1nnc(CN2CCC[C@@H](Cn3cncn3)C2)o1. The minimum absolute atomic E-state index is 0.0945. The Bertz CT molecular complexity index is 585. The molecule has 2 aromatic rings. The van der Waals surface area contributed by atoms with E-state index in [1.165, 1.54) is 12.8 Å². The number of piperidine rings is 1. The maximum Gasteiger partial charge on any atom is 0.230 e. The van der Waals surface area contributed by atoms with E-state index < -0.39 is 0 Å². The molecule has 0 spiro atoms. The molecule has 0 bridgehead atoms. The molecule has 2 aromatic heterocycles. The molecule has 0 unspecified atom stereocenters. The van der Waals surface area contributed by atoms with Crippen molar-refractivity contribution in [1.29, 1.82) is 0 Å². The molecule has 120 valence electrons. The van der Waals surface area contributed by atoms with Crippen LogP contribution in [-0.2, 0) is 18.5 Å². The number of hydrogen-bond acceptors (Lipinski definition) is 6. The van der Waals surface area contributed by atoms with Crippen molar-refractivity contribution in [2.75, 3.05) is 13.1 Å². The highest BCUT2D eigenvalue weighted by Crippen LogP contribution is 2.23. The summed E-state index contributed by atoms with van der Waals surface area (Å²) in [7, 11) is 0. The Morgan fingerprint density at radius 1 is 1.32 bits per heavy atom. The first-order chi connectivity index (χ1) is 10.5. The number of aromatic nitrogens is 5. The summed E-state index contributed by atoms with van der Waals surface area (Å²) in [4.78, 5) is 6.40. The maximum atomic E-state index is 5.80. The summed E-state index contributed by atoms with van der Waals surface area (Å²) in [5.74, 6) is 2.02. The summed E-state index contributed by atoms with van der Waals surface area (Å²) in [6.07, 6.45) is 5.80. The summed E-state index contributed by atoms with van der Waals surface area (Å²) in [5, 5.41) is 12.6. The van der Waals surface area contributed by atoms with Crippen molar-refractivity contribution in [3.63, 3.8) is 0 Å². The highest BCUT2D eigenvalue weighted by Gasteiger charge is 2.24. The summed E-state index contributed by atoms with van der Waals surface area (Å²) < 4.78 is 7.72. The molecule has 0 radical (unpaired) electrons. The van der Waals surface area contributed by atoms with E-state index in [1.54, 1.807) is 12.7 Å². The van der Waals surface area contributed by atoms with Gasteiger partial charge in [0.15, 0.2) is 0 Å². The summed E-state index contributed by atoms with van der Waals surface area (Å²) in [6, 6.07) is 0. The molecular weight excluding hydrogens is 280 g/mol. The van der Waals surface area contributed by atoms with Gasteiger partial charge in [0.2, 0.25) is 11.8 Å². The first-order valence-corrected chi connectivity index (χ1v) is 7.88. The van der Waals surface area contributed by atoms with Crippen molar-refractivity contribution in [3.8, 4) is 0 Å². The van der Waals surface area contributed by atoms with Crippen LogP contribution in [0.1, 0.15) is 45.4 Å². The molecule has 0 N–H and O–H groups in total. The van der Waals surface area contributed by atoms with Crippen LogP contribution < -0.4 is 0 Å². The van der Waals surface area contributed by atoms with Gasteiger partial charge in [0.05, 0.1) is 6.54 Å². The first-order valence-electron chi connectivity index (χ1n) is 7.88. The Balaban J connectivity index is 1.57. The Labute approximate surface area is 130 Å². The molecular formula is C15H24N6O. The molecule has 1 aliphatic heterocycles. The van der Waals surface area contributed by atoms with Gasteiger partial charge in [-0.05, 0) is 25.3 Å². The number of rotatable bonds is 4. The number of nitrogens with zero attached hydrogens (tertiary/aromatic N) is 6. The van der Waals surface area contributed by atoms with E-state index in [2.05, 4.69) is 46.0 Å². The summed E-state index contributed by atoms with van der Waals surface area (Å²) in [6.45, 7) is 10.0. The zero-order valence-corrected chi connectivity index (χ0v) is 13.6. The van der Waals surface area contributed by atoms with Crippen molar-refractivity contribution in [2.45, 2.75) is 52.1 Å². The van der Waals surface area contributed by atoms with E-state index in [0.717, 1.165) is 26.2 Å². The lowest BCUT2D eigenvalue weighted by Crippen LogP contribution is -2.36. The van der Waals surface area contributed by atoms with Crippen molar-refractivity contribution in [2.24, 2.45) is 5.92 Å². The van der Waals surface area contributed by atoms with E-state index in [-0.39, 0.29) is 5.41 Å². The Kier molecular flexibility index (Phi) is 4.24. The minimum atomic E-state index is -0.0945. The van der Waals surface area contributed by atoms with Crippen molar-refractivity contribution >= 4 is 0 Å². The third-order valence-electron chi connectivity index (χ3n) is 3.98. The summed E-state index contributed by atoms with van der Waals surface area (Å²) in [5.41, 5.74) is -0.0945. The third kappa shape index (κ3) is 3.71. The highest BCUT2D eigenvalue weighted by atomic mass is 16.4. The zero-order valence-electron chi connectivity index (χ0n) is 13.6. The zero-order chi connectivity index (χ0) is 15.6. The van der Waals surface area contributed by atoms with Gasteiger partial charge in [0, 0.05) is 18.5 Å². The lowest BCUT2D eigenvalue weighted by Gasteiger charge is -2.31. The van der Waals surface area contributed by atoms with Crippen LogP contribution in [-0.4, -0.2) is 43.0 Å². The van der Waals surface area contributed by atoms with E-state index >= 15 is 0 Å². The van der Waals surface area contributed by atoms with Crippen molar-refractivity contribution < 1.29 is 4.42 Å². The van der Waals surface area contributed by atoms with Crippen LogP contribution in [0, 0.1) is 5.92 Å². The molecule has 0 aromatic carbocycles. The van der Waals surface area contributed by atoms with Crippen LogP contribution in [0.4, 0.5) is 0 Å². The van der Waals surface area contributed by atoms with E-state index in [9.17, 15) is 0 Å². The van der Waals surface area contributed by atoms with Crippen LogP contribution in [0.15, 0.2) is 17.1 Å². The molecule has 0 amide bonds. The van der Waals surface area contributed by atoms with Crippen LogP contribution >= 0.6 is 0 Å². The molecule has 7 nitrogen and oxygen atoms in total. The molecule has 3 heterocycles. The number of hydrogen-bond donors (Lipinski definition) is 0. The molecule has 1 saturated heterocycles. The van der Waals surface area contributed by atoms with E-state index in [4.69, 9.17) is 4.42 Å². The molecule has 0 aliphatic carbocycles. The van der Waals surface area contributed by atoms with E-state index in [1.807, 2.05) is 4.68 Å². The summed E-state index contributed by atoms with van der Waals surface area (Å²) >= 11 is 0. The molecule has 1 atom stereocenters. The Morgan fingerprint density at radius 2 is 2.18 bits per heavy atom. The molecule has 3 rings (SSSR count). The van der Waals surface area contributed by atoms with Gasteiger partial charge in [-0.3, -0.25) is 9.58 Å². The van der Waals surface area contributed by atoms with Gasteiger partial charge in [-0.15, -0.1) is 10.2 Å². The van der Waals surface area contributed by atoms with Gasteiger partial charge in [-0.2, -0.15) is 5.10 Å². The third-order valence-corrected chi connectivity index (χ3v) is 3.98. The average Bonchev–Trinajstić information content (AvgIpc) is 3.10. The molecule has 0 saturated carbocycles. The second kappa shape index (κ2) is 6.16. The second-order valence-electron chi connectivity index (χ2n) is 7.11. The predicted octanol–water partition coefficient (Wildman–Crippen LogP) is 1.87. The topological polar surface area (TPSA) is 72.9 Å². The van der Waals surface area contributed by atoms with Crippen LogP contribution in [0.25, 0.3) is 0 Å². The largest absolute Gasteiger partial charge is 0.423 e. The number of likely N-dealkylation sites (tertiary alicyclic amines) is 1. The first kappa shape index (κ1) is 15.1. The van der Waals surface area contributed by atoms with Gasteiger partial charge in [0.1, 0.15) is 12.7 Å². The van der Waals surface area contributed by atoms with Gasteiger partial charge in [-0.1, -0.05) is 20.8 Å². The van der Waals surface area contributed by atoms with Gasteiger partial charge in [-0.25, -0.2) is 4.98 Å². The van der Waals surface area contributed by atoms with Crippen LogP contribution in [0.2, 0.25) is 0 Å². The molecule has 22 heavy (non-hydrogen) atoms. The second-order valence-corrected chi connectivity index (χ2v) is 7.11. The monoisotopic (exact) mass is 304 g/mol. The molecule has 1 aliphatic rings. The van der Waals surface area contributed by atoms with Crippen molar-refractivity contribution in [1.82, 2.24) is 29.9 Å². The molecule has 7 heteroatoms. The van der Waals surface area contributed by atoms with Crippen LogP contribution in [0.5, 0.6) is 0 Å². The average molecular weight is 304 g/mol. The lowest BCUT2D eigenvalue weighted by atomic mass is 9.97. The predicted molar refractivity (Wildman–Crippen MR) is 81.0 cm³/mol. The Hall–Kier alpha value is -1.76. The Morgan fingerprint density at radius 3 is 2.86 bits per heavy atom. The van der Waals surface area contributed by atoms with Crippen LogP contribution in [0.3, 0.4) is 0 Å². The van der Waals surface area contributed by atoms with Crippen molar-refractivity contribution in [3.05, 3.63) is 24.4 Å². The van der Waals surface area contributed by atoms with Gasteiger partial charge in [0.25, 0.3) is 0 Å². The smallest absolute Gasteiger partial charge is 0.230 e. The van der Waals surface area contributed by atoms with Gasteiger partial charge >= 0.3 is 0 Å². The van der Waals surface area contributed by atoms with E-state index in [0.29, 0.717) is 17.7 Å². The fourth-order valence-corrected chi connectivity index (χ4v) is 2.85. The normalized spacial score (nSPS) is 20.4. The lowest BCUT2D eigenvalue weighted by molar-refractivity contribution is 0.140. The minimum Gasteiger partial charge on any atom is -0.423 e. The fraction of sp³-hybridized carbons (Fsp3) is 0.733.